The molecule has 0 amide bonds. The van der Waals surface area contributed by atoms with Crippen LogP contribution in [0.4, 0.5) is 4.39 Å². The number of hydrogen-bond acceptors (Lipinski definition) is 2. The lowest BCUT2D eigenvalue weighted by molar-refractivity contribution is 0.139. The first-order chi connectivity index (χ1) is 8.27. The lowest BCUT2D eigenvalue weighted by Gasteiger charge is -2.15. The van der Waals surface area contributed by atoms with Crippen LogP contribution in [0, 0.1) is 11.7 Å². The van der Waals surface area contributed by atoms with Gasteiger partial charge in [-0.15, -0.1) is 0 Å². The molecule has 96 valence electrons. The fourth-order valence-corrected chi connectivity index (χ4v) is 1.90. The highest BCUT2D eigenvalue weighted by Crippen LogP contribution is 2.16. The van der Waals surface area contributed by atoms with Gasteiger partial charge in [0, 0.05) is 13.2 Å². The van der Waals surface area contributed by atoms with Gasteiger partial charge in [-0.25, -0.2) is 4.39 Å². The predicted molar refractivity (Wildman–Crippen MR) is 68.4 cm³/mol. The Bertz CT molecular complexity index is 317. The quantitative estimate of drug-likeness (QED) is 0.708. The zero-order chi connectivity index (χ0) is 12.5. The van der Waals surface area contributed by atoms with Crippen molar-refractivity contribution in [1.82, 2.24) is 0 Å². The van der Waals surface area contributed by atoms with E-state index in [-0.39, 0.29) is 5.82 Å². The number of halogens is 1. The van der Waals surface area contributed by atoms with E-state index in [0.717, 1.165) is 38.0 Å². The van der Waals surface area contributed by atoms with Gasteiger partial charge in [0.1, 0.15) is 5.82 Å². The van der Waals surface area contributed by atoms with Crippen molar-refractivity contribution < 1.29 is 9.13 Å². The van der Waals surface area contributed by atoms with Crippen LogP contribution in [-0.4, -0.2) is 19.8 Å². The second-order valence-corrected chi connectivity index (χ2v) is 4.24. The Morgan fingerprint density at radius 2 is 2.12 bits per heavy atom. The van der Waals surface area contributed by atoms with Gasteiger partial charge in [0.05, 0.1) is 0 Å². The number of hydrogen-bond donors (Lipinski definition) is 1. The van der Waals surface area contributed by atoms with Crippen LogP contribution in [0.2, 0.25) is 0 Å². The molecule has 0 bridgehead atoms. The minimum atomic E-state index is -0.129. The highest BCUT2D eigenvalue weighted by molar-refractivity contribution is 5.17. The Hall–Kier alpha value is -0.930. The maximum absolute atomic E-state index is 13.5. The smallest absolute Gasteiger partial charge is 0.126 e. The molecule has 0 fully saturated rings. The second kappa shape index (κ2) is 8.20. The highest BCUT2D eigenvalue weighted by atomic mass is 19.1. The monoisotopic (exact) mass is 239 g/mol. The number of benzene rings is 1. The van der Waals surface area contributed by atoms with Gasteiger partial charge in [0.15, 0.2) is 0 Å². The molecule has 0 aliphatic carbocycles. The first-order valence-electron chi connectivity index (χ1n) is 6.29. The fraction of sp³-hybridized carbons (Fsp3) is 0.571. The Balaban J connectivity index is 2.38. The van der Waals surface area contributed by atoms with Crippen LogP contribution in [0.25, 0.3) is 0 Å². The molecule has 1 aromatic rings. The summed E-state index contributed by atoms with van der Waals surface area (Å²) in [5.41, 5.74) is 6.49. The van der Waals surface area contributed by atoms with Gasteiger partial charge in [0.25, 0.3) is 0 Å². The van der Waals surface area contributed by atoms with Gasteiger partial charge in [-0.2, -0.15) is 0 Å². The molecule has 0 saturated carbocycles. The van der Waals surface area contributed by atoms with E-state index in [9.17, 15) is 4.39 Å². The van der Waals surface area contributed by atoms with E-state index in [1.54, 1.807) is 6.07 Å². The van der Waals surface area contributed by atoms with Gasteiger partial charge in [0.2, 0.25) is 0 Å². The van der Waals surface area contributed by atoms with Crippen LogP contribution in [0.15, 0.2) is 24.3 Å². The van der Waals surface area contributed by atoms with E-state index in [1.165, 1.54) is 6.07 Å². The Morgan fingerprint density at radius 1 is 1.35 bits per heavy atom. The first-order valence-corrected chi connectivity index (χ1v) is 6.29. The molecule has 17 heavy (non-hydrogen) atoms. The topological polar surface area (TPSA) is 35.2 Å². The molecule has 0 saturated heterocycles. The maximum Gasteiger partial charge on any atom is 0.126 e. The van der Waals surface area contributed by atoms with E-state index in [1.807, 2.05) is 19.1 Å². The summed E-state index contributed by atoms with van der Waals surface area (Å²) in [5.74, 6) is 0.211. The molecule has 1 rings (SSSR count). The molecule has 0 heterocycles. The Kier molecular flexibility index (Phi) is 6.82. The van der Waals surface area contributed by atoms with Crippen molar-refractivity contribution in [3.63, 3.8) is 0 Å². The van der Waals surface area contributed by atoms with Crippen molar-refractivity contribution in [2.24, 2.45) is 11.7 Å². The van der Waals surface area contributed by atoms with Crippen LogP contribution in [0.3, 0.4) is 0 Å². The third-order valence-electron chi connectivity index (χ3n) is 2.90. The average molecular weight is 239 g/mol. The largest absolute Gasteiger partial charge is 0.382 e. The van der Waals surface area contributed by atoms with Crippen LogP contribution in [0.5, 0.6) is 0 Å². The van der Waals surface area contributed by atoms with Crippen molar-refractivity contribution in [2.45, 2.75) is 26.2 Å². The second-order valence-electron chi connectivity index (χ2n) is 4.24. The molecule has 2 nitrogen and oxygen atoms in total. The summed E-state index contributed by atoms with van der Waals surface area (Å²) in [5, 5.41) is 0. The highest BCUT2D eigenvalue weighted by Gasteiger charge is 2.10. The third-order valence-corrected chi connectivity index (χ3v) is 2.90. The van der Waals surface area contributed by atoms with Crippen molar-refractivity contribution in [3.05, 3.63) is 35.6 Å². The van der Waals surface area contributed by atoms with E-state index in [2.05, 4.69) is 0 Å². The summed E-state index contributed by atoms with van der Waals surface area (Å²) in [4.78, 5) is 0. The molecule has 0 aliphatic rings. The van der Waals surface area contributed by atoms with Gasteiger partial charge in [-0.1, -0.05) is 18.2 Å². The molecule has 1 aromatic carbocycles. The zero-order valence-electron chi connectivity index (χ0n) is 10.5. The number of ether oxygens (including phenoxy) is 1. The fourth-order valence-electron chi connectivity index (χ4n) is 1.90. The van der Waals surface area contributed by atoms with E-state index in [0.29, 0.717) is 12.5 Å². The Morgan fingerprint density at radius 3 is 2.76 bits per heavy atom. The summed E-state index contributed by atoms with van der Waals surface area (Å²) < 4.78 is 18.8. The maximum atomic E-state index is 13.5. The number of nitrogens with two attached hydrogens (primary N) is 1. The summed E-state index contributed by atoms with van der Waals surface area (Å²) in [6.07, 6.45) is 2.70. The molecule has 3 heteroatoms. The minimum absolute atomic E-state index is 0.129. The summed E-state index contributed by atoms with van der Waals surface area (Å²) in [7, 11) is 0. The predicted octanol–water partition coefficient (Wildman–Crippen LogP) is 2.76. The van der Waals surface area contributed by atoms with Crippen LogP contribution in [0.1, 0.15) is 25.3 Å². The SMILES string of the molecule is CCOCCCC(CN)Cc1ccccc1F. The summed E-state index contributed by atoms with van der Waals surface area (Å²) >= 11 is 0. The van der Waals surface area contributed by atoms with Crippen LogP contribution < -0.4 is 5.73 Å². The zero-order valence-corrected chi connectivity index (χ0v) is 10.5. The third kappa shape index (κ3) is 5.29. The van der Waals surface area contributed by atoms with Crippen molar-refractivity contribution in [2.75, 3.05) is 19.8 Å². The molecule has 0 radical (unpaired) electrons. The van der Waals surface area contributed by atoms with Crippen molar-refractivity contribution in [3.8, 4) is 0 Å². The standard InChI is InChI=1S/C14H22FNO/c1-2-17-9-5-6-12(11-16)10-13-7-3-4-8-14(13)15/h3-4,7-8,12H,2,5-6,9-11,16H2,1H3. The lowest BCUT2D eigenvalue weighted by Crippen LogP contribution is -2.18. The Labute approximate surface area is 103 Å². The molecule has 0 aliphatic heterocycles. The molecular formula is C14H22FNO. The molecule has 1 unspecified atom stereocenters. The minimum Gasteiger partial charge on any atom is -0.382 e. The van der Waals surface area contributed by atoms with Gasteiger partial charge in [-0.3, -0.25) is 0 Å². The summed E-state index contributed by atoms with van der Waals surface area (Å²) in [6, 6.07) is 6.92. The average Bonchev–Trinajstić information content (AvgIpc) is 2.35. The van der Waals surface area contributed by atoms with Crippen molar-refractivity contribution >= 4 is 0 Å². The summed E-state index contributed by atoms with van der Waals surface area (Å²) in [6.45, 7) is 4.10. The molecule has 0 aromatic heterocycles. The molecule has 0 spiro atoms. The molecular weight excluding hydrogens is 217 g/mol. The van der Waals surface area contributed by atoms with E-state index < -0.39 is 0 Å². The van der Waals surface area contributed by atoms with Crippen molar-refractivity contribution in [1.29, 1.82) is 0 Å². The molecule has 2 N–H and O–H groups in total. The number of rotatable bonds is 8. The normalized spacial score (nSPS) is 12.6. The van der Waals surface area contributed by atoms with Crippen LogP contribution in [-0.2, 0) is 11.2 Å². The molecule has 1 atom stereocenters. The van der Waals surface area contributed by atoms with E-state index >= 15 is 0 Å². The van der Waals surface area contributed by atoms with Gasteiger partial charge >= 0.3 is 0 Å². The first kappa shape index (κ1) is 14.1. The lowest BCUT2D eigenvalue weighted by atomic mass is 9.95. The van der Waals surface area contributed by atoms with E-state index in [4.69, 9.17) is 10.5 Å². The van der Waals surface area contributed by atoms with Crippen LogP contribution >= 0.6 is 0 Å². The van der Waals surface area contributed by atoms with Gasteiger partial charge in [-0.05, 0) is 50.3 Å². The van der Waals surface area contributed by atoms with Gasteiger partial charge < -0.3 is 10.5 Å².